The van der Waals surface area contributed by atoms with Gasteiger partial charge in [-0.2, -0.15) is 0 Å². The molecule has 0 unspecified atom stereocenters. The van der Waals surface area contributed by atoms with Crippen molar-refractivity contribution in [2.24, 2.45) is 0 Å². The zero-order valence-electron chi connectivity index (χ0n) is 13.2. The topological polar surface area (TPSA) is 43.4 Å². The summed E-state index contributed by atoms with van der Waals surface area (Å²) in [6.45, 7) is 11.4. The van der Waals surface area contributed by atoms with Crippen molar-refractivity contribution in [2.45, 2.75) is 52.6 Å². The van der Waals surface area contributed by atoms with E-state index in [-0.39, 0.29) is 5.54 Å². The summed E-state index contributed by atoms with van der Waals surface area (Å²) >= 11 is 0. The van der Waals surface area contributed by atoms with Crippen LogP contribution in [0, 0.1) is 0 Å². The molecule has 1 N–H and O–H groups in total. The molecule has 1 heterocycles. The summed E-state index contributed by atoms with van der Waals surface area (Å²) in [7, 11) is 0. The van der Waals surface area contributed by atoms with E-state index in [4.69, 9.17) is 9.47 Å². The standard InChI is InChI=1S/C16H28N2O2/c1-5-6-9-19-10-11-20-15-12-14(7-8-17-15)13-18-16(2,3)4/h7-8,12,18H,5-6,9-11,13H2,1-4H3. The number of hydrogen-bond acceptors (Lipinski definition) is 4. The average molecular weight is 280 g/mol. The Morgan fingerprint density at radius 3 is 2.70 bits per heavy atom. The first-order valence-corrected chi connectivity index (χ1v) is 7.42. The first-order chi connectivity index (χ1) is 9.51. The molecule has 0 saturated heterocycles. The van der Waals surface area contributed by atoms with Gasteiger partial charge in [0.05, 0.1) is 6.61 Å². The zero-order valence-corrected chi connectivity index (χ0v) is 13.2. The van der Waals surface area contributed by atoms with E-state index >= 15 is 0 Å². The maximum atomic E-state index is 5.59. The number of nitrogens with one attached hydrogen (secondary N) is 1. The van der Waals surface area contributed by atoms with Crippen LogP contribution in [0.4, 0.5) is 0 Å². The van der Waals surface area contributed by atoms with Gasteiger partial charge in [-0.1, -0.05) is 13.3 Å². The summed E-state index contributed by atoms with van der Waals surface area (Å²) in [5.74, 6) is 0.664. The predicted octanol–water partition coefficient (Wildman–Crippen LogP) is 3.17. The first kappa shape index (κ1) is 16.9. The molecule has 1 rings (SSSR count). The summed E-state index contributed by atoms with van der Waals surface area (Å²) in [5.41, 5.74) is 1.29. The van der Waals surface area contributed by atoms with Gasteiger partial charge in [-0.25, -0.2) is 4.98 Å². The third kappa shape index (κ3) is 8.12. The van der Waals surface area contributed by atoms with Crippen LogP contribution in [-0.2, 0) is 11.3 Å². The van der Waals surface area contributed by atoms with E-state index in [0.717, 1.165) is 26.0 Å². The number of unbranched alkanes of at least 4 members (excludes halogenated alkanes) is 1. The molecule has 4 heteroatoms. The van der Waals surface area contributed by atoms with Crippen LogP contribution in [-0.4, -0.2) is 30.3 Å². The van der Waals surface area contributed by atoms with Crippen LogP contribution < -0.4 is 10.1 Å². The monoisotopic (exact) mass is 280 g/mol. The van der Waals surface area contributed by atoms with Crippen molar-refractivity contribution in [1.82, 2.24) is 10.3 Å². The van der Waals surface area contributed by atoms with Gasteiger partial charge in [0, 0.05) is 31.0 Å². The van der Waals surface area contributed by atoms with E-state index in [0.29, 0.717) is 19.1 Å². The maximum absolute atomic E-state index is 5.59. The summed E-state index contributed by atoms with van der Waals surface area (Å²) in [6, 6.07) is 3.98. The van der Waals surface area contributed by atoms with Gasteiger partial charge in [-0.05, 0) is 38.8 Å². The van der Waals surface area contributed by atoms with Gasteiger partial charge in [0.15, 0.2) is 0 Å². The molecule has 0 bridgehead atoms. The molecule has 0 aliphatic rings. The maximum Gasteiger partial charge on any atom is 0.213 e. The van der Waals surface area contributed by atoms with Crippen LogP contribution in [0.5, 0.6) is 5.88 Å². The van der Waals surface area contributed by atoms with Gasteiger partial charge in [-0.3, -0.25) is 0 Å². The Morgan fingerprint density at radius 2 is 2.00 bits per heavy atom. The second-order valence-corrected chi connectivity index (χ2v) is 5.92. The lowest BCUT2D eigenvalue weighted by molar-refractivity contribution is 0.0965. The quantitative estimate of drug-likeness (QED) is 0.706. The van der Waals surface area contributed by atoms with Gasteiger partial charge in [-0.15, -0.1) is 0 Å². The molecule has 0 aliphatic carbocycles. The van der Waals surface area contributed by atoms with Gasteiger partial charge < -0.3 is 14.8 Å². The van der Waals surface area contributed by atoms with E-state index in [1.54, 1.807) is 6.20 Å². The summed E-state index contributed by atoms with van der Waals surface area (Å²) < 4.78 is 11.0. The number of aromatic nitrogens is 1. The van der Waals surface area contributed by atoms with E-state index < -0.39 is 0 Å². The lowest BCUT2D eigenvalue weighted by atomic mass is 10.1. The fourth-order valence-electron chi connectivity index (χ4n) is 1.56. The summed E-state index contributed by atoms with van der Waals surface area (Å²) in [5, 5.41) is 3.45. The average Bonchev–Trinajstić information content (AvgIpc) is 2.40. The minimum absolute atomic E-state index is 0.109. The molecule has 114 valence electrons. The Kier molecular flexibility index (Phi) is 7.55. The molecule has 0 spiro atoms. The SMILES string of the molecule is CCCCOCCOc1cc(CNC(C)(C)C)ccn1. The van der Waals surface area contributed by atoms with Crippen LogP contribution in [0.15, 0.2) is 18.3 Å². The minimum Gasteiger partial charge on any atom is -0.475 e. The molecule has 1 aromatic heterocycles. The molecule has 0 aliphatic heterocycles. The van der Waals surface area contributed by atoms with Crippen LogP contribution >= 0.6 is 0 Å². The zero-order chi connectivity index (χ0) is 14.8. The number of hydrogen-bond donors (Lipinski definition) is 1. The minimum atomic E-state index is 0.109. The van der Waals surface area contributed by atoms with E-state index in [2.05, 4.69) is 38.0 Å². The highest BCUT2D eigenvalue weighted by Crippen LogP contribution is 2.10. The molecule has 0 fully saturated rings. The van der Waals surface area contributed by atoms with Crippen LogP contribution in [0.1, 0.15) is 46.1 Å². The Morgan fingerprint density at radius 1 is 1.20 bits per heavy atom. The Bertz CT molecular complexity index is 375. The van der Waals surface area contributed by atoms with Crippen molar-refractivity contribution in [3.05, 3.63) is 23.9 Å². The second kappa shape index (κ2) is 8.93. The lowest BCUT2D eigenvalue weighted by Gasteiger charge is -2.20. The molecule has 0 atom stereocenters. The summed E-state index contributed by atoms with van der Waals surface area (Å²) in [4.78, 5) is 4.21. The normalized spacial score (nSPS) is 11.6. The third-order valence-corrected chi connectivity index (χ3v) is 2.74. The largest absolute Gasteiger partial charge is 0.475 e. The second-order valence-electron chi connectivity index (χ2n) is 5.92. The number of rotatable bonds is 9. The Balaban J connectivity index is 2.29. The smallest absolute Gasteiger partial charge is 0.213 e. The molecular formula is C16H28N2O2. The number of ether oxygens (including phenoxy) is 2. The van der Waals surface area contributed by atoms with Crippen LogP contribution in [0.2, 0.25) is 0 Å². The first-order valence-electron chi connectivity index (χ1n) is 7.42. The number of nitrogens with zero attached hydrogens (tertiary/aromatic N) is 1. The number of pyridine rings is 1. The van der Waals surface area contributed by atoms with Crippen molar-refractivity contribution in [3.63, 3.8) is 0 Å². The van der Waals surface area contributed by atoms with E-state index in [1.165, 1.54) is 5.56 Å². The van der Waals surface area contributed by atoms with Gasteiger partial charge in [0.2, 0.25) is 5.88 Å². The fraction of sp³-hybridized carbons (Fsp3) is 0.688. The Labute approximate surface area is 122 Å². The van der Waals surface area contributed by atoms with E-state index in [9.17, 15) is 0 Å². The highest BCUT2D eigenvalue weighted by molar-refractivity contribution is 5.20. The Hall–Kier alpha value is -1.13. The highest BCUT2D eigenvalue weighted by Gasteiger charge is 2.08. The molecule has 0 saturated carbocycles. The third-order valence-electron chi connectivity index (χ3n) is 2.74. The van der Waals surface area contributed by atoms with Crippen molar-refractivity contribution >= 4 is 0 Å². The van der Waals surface area contributed by atoms with Crippen LogP contribution in [0.25, 0.3) is 0 Å². The highest BCUT2D eigenvalue weighted by atomic mass is 16.5. The fourth-order valence-corrected chi connectivity index (χ4v) is 1.56. The van der Waals surface area contributed by atoms with Crippen molar-refractivity contribution in [1.29, 1.82) is 0 Å². The van der Waals surface area contributed by atoms with Gasteiger partial charge in [0.1, 0.15) is 6.61 Å². The van der Waals surface area contributed by atoms with Gasteiger partial charge in [0.25, 0.3) is 0 Å². The summed E-state index contributed by atoms with van der Waals surface area (Å²) in [6.07, 6.45) is 4.05. The molecule has 20 heavy (non-hydrogen) atoms. The van der Waals surface area contributed by atoms with E-state index in [1.807, 2.05) is 12.1 Å². The van der Waals surface area contributed by atoms with Gasteiger partial charge >= 0.3 is 0 Å². The van der Waals surface area contributed by atoms with Crippen LogP contribution in [0.3, 0.4) is 0 Å². The van der Waals surface area contributed by atoms with Crippen molar-refractivity contribution < 1.29 is 9.47 Å². The molecule has 0 aromatic carbocycles. The molecular weight excluding hydrogens is 252 g/mol. The molecule has 0 radical (unpaired) electrons. The molecule has 1 aromatic rings. The molecule has 0 amide bonds. The van der Waals surface area contributed by atoms with Crippen molar-refractivity contribution in [3.8, 4) is 5.88 Å². The predicted molar refractivity (Wildman–Crippen MR) is 82.1 cm³/mol. The molecule has 4 nitrogen and oxygen atoms in total. The lowest BCUT2D eigenvalue weighted by Crippen LogP contribution is -2.35. The van der Waals surface area contributed by atoms with Crippen molar-refractivity contribution in [2.75, 3.05) is 19.8 Å².